The average Bonchev–Trinajstić information content (AvgIpc) is 3.01. The lowest BCUT2D eigenvalue weighted by Crippen LogP contribution is -2.28. The number of carbonyl (C=O) groups excluding carboxylic acids is 1. The first kappa shape index (κ1) is 19.4. The first-order valence-corrected chi connectivity index (χ1v) is 10.4. The maximum atomic E-state index is 13.0. The molecule has 0 bridgehead atoms. The van der Waals surface area contributed by atoms with Crippen molar-refractivity contribution in [2.75, 3.05) is 4.90 Å². The number of hydrogen-bond acceptors (Lipinski definition) is 4. The van der Waals surface area contributed by atoms with Crippen LogP contribution in [0.2, 0.25) is 0 Å². The molecule has 1 aliphatic rings. The van der Waals surface area contributed by atoms with E-state index >= 15 is 0 Å². The van der Waals surface area contributed by atoms with Crippen LogP contribution in [0.1, 0.15) is 16.7 Å². The standard InChI is InChI=1S/C24H19NO2S2/c1-17-8-5-6-13-21(17)25-23(26)22(29-24(25)28)15-19-11-7-12-20(14-19)27-16-18-9-3-2-4-10-18/h2-15H,16H2,1H3/b22-15-. The van der Waals surface area contributed by atoms with Gasteiger partial charge in [-0.3, -0.25) is 9.69 Å². The third-order valence-corrected chi connectivity index (χ3v) is 5.86. The van der Waals surface area contributed by atoms with E-state index in [9.17, 15) is 4.79 Å². The topological polar surface area (TPSA) is 29.5 Å². The monoisotopic (exact) mass is 417 g/mol. The van der Waals surface area contributed by atoms with Gasteiger partial charge in [-0.25, -0.2) is 0 Å². The summed E-state index contributed by atoms with van der Waals surface area (Å²) in [5.74, 6) is 0.668. The normalized spacial score (nSPS) is 15.2. The van der Waals surface area contributed by atoms with Gasteiger partial charge < -0.3 is 4.74 Å². The first-order chi connectivity index (χ1) is 14.1. The van der Waals surface area contributed by atoms with E-state index in [0.29, 0.717) is 15.8 Å². The van der Waals surface area contributed by atoms with Gasteiger partial charge >= 0.3 is 0 Å². The second kappa shape index (κ2) is 8.64. The quantitative estimate of drug-likeness (QED) is 0.377. The highest BCUT2D eigenvalue weighted by Crippen LogP contribution is 2.37. The third kappa shape index (κ3) is 4.42. The fraction of sp³-hybridized carbons (Fsp3) is 0.0833. The number of anilines is 1. The van der Waals surface area contributed by atoms with Gasteiger partial charge in [0.15, 0.2) is 4.32 Å². The maximum absolute atomic E-state index is 13.0. The Bertz CT molecular complexity index is 1090. The van der Waals surface area contributed by atoms with Crippen molar-refractivity contribution in [1.29, 1.82) is 0 Å². The SMILES string of the molecule is Cc1ccccc1N1C(=O)/C(=C/c2cccc(OCc3ccccc3)c2)SC1=S. The van der Waals surface area contributed by atoms with Crippen molar-refractivity contribution >= 4 is 46.0 Å². The molecule has 0 saturated carbocycles. The van der Waals surface area contributed by atoms with Gasteiger partial charge in [-0.15, -0.1) is 0 Å². The lowest BCUT2D eigenvalue weighted by atomic mass is 10.1. The Hall–Kier alpha value is -2.89. The van der Waals surface area contributed by atoms with Crippen molar-refractivity contribution in [3.63, 3.8) is 0 Å². The van der Waals surface area contributed by atoms with Crippen LogP contribution in [0.5, 0.6) is 5.75 Å². The van der Waals surface area contributed by atoms with Gasteiger partial charge in [0, 0.05) is 0 Å². The number of hydrogen-bond donors (Lipinski definition) is 0. The minimum absolute atomic E-state index is 0.0927. The molecule has 3 aromatic rings. The lowest BCUT2D eigenvalue weighted by molar-refractivity contribution is -0.113. The van der Waals surface area contributed by atoms with Gasteiger partial charge in [0.05, 0.1) is 10.6 Å². The van der Waals surface area contributed by atoms with Crippen molar-refractivity contribution in [2.45, 2.75) is 13.5 Å². The molecule has 29 heavy (non-hydrogen) atoms. The van der Waals surface area contributed by atoms with Crippen LogP contribution in [0.3, 0.4) is 0 Å². The van der Waals surface area contributed by atoms with E-state index in [-0.39, 0.29) is 5.91 Å². The zero-order valence-electron chi connectivity index (χ0n) is 15.9. The molecule has 0 aliphatic carbocycles. The van der Waals surface area contributed by atoms with E-state index in [2.05, 4.69) is 0 Å². The largest absolute Gasteiger partial charge is 0.489 e. The maximum Gasteiger partial charge on any atom is 0.270 e. The summed E-state index contributed by atoms with van der Waals surface area (Å²) in [5.41, 5.74) is 3.86. The molecule has 0 N–H and O–H groups in total. The van der Waals surface area contributed by atoms with Crippen LogP contribution in [-0.2, 0) is 11.4 Å². The van der Waals surface area contributed by atoms with Crippen LogP contribution in [0.25, 0.3) is 6.08 Å². The number of rotatable bonds is 5. The molecule has 4 rings (SSSR count). The summed E-state index contributed by atoms with van der Waals surface area (Å²) in [6.45, 7) is 2.48. The van der Waals surface area contributed by atoms with Crippen molar-refractivity contribution in [3.8, 4) is 5.75 Å². The number of thiocarbonyl (C=S) groups is 1. The predicted molar refractivity (Wildman–Crippen MR) is 124 cm³/mol. The highest BCUT2D eigenvalue weighted by molar-refractivity contribution is 8.27. The van der Waals surface area contributed by atoms with E-state index in [1.165, 1.54) is 11.8 Å². The number of benzene rings is 3. The number of para-hydroxylation sites is 1. The summed E-state index contributed by atoms with van der Waals surface area (Å²) >= 11 is 6.80. The molecule has 1 aliphatic heterocycles. The number of nitrogens with zero attached hydrogens (tertiary/aromatic N) is 1. The van der Waals surface area contributed by atoms with Gasteiger partial charge in [0.1, 0.15) is 12.4 Å². The summed E-state index contributed by atoms with van der Waals surface area (Å²) in [6, 6.07) is 25.5. The predicted octanol–water partition coefficient (Wildman–Crippen LogP) is 5.98. The molecule has 144 valence electrons. The van der Waals surface area contributed by atoms with Crippen LogP contribution in [0.15, 0.2) is 83.8 Å². The first-order valence-electron chi connectivity index (χ1n) is 9.22. The number of thioether (sulfide) groups is 1. The molecule has 0 atom stereocenters. The Labute approximate surface area is 180 Å². The van der Waals surface area contributed by atoms with Crippen LogP contribution in [-0.4, -0.2) is 10.2 Å². The van der Waals surface area contributed by atoms with E-state index in [1.54, 1.807) is 4.90 Å². The van der Waals surface area contributed by atoms with E-state index in [4.69, 9.17) is 17.0 Å². The molecule has 1 amide bonds. The molecule has 0 spiro atoms. The summed E-state index contributed by atoms with van der Waals surface area (Å²) in [4.78, 5) is 15.2. The Morgan fingerprint density at radius 3 is 2.55 bits per heavy atom. The van der Waals surface area contributed by atoms with Crippen molar-refractivity contribution in [3.05, 3.63) is 100 Å². The fourth-order valence-electron chi connectivity index (χ4n) is 3.08. The third-order valence-electron chi connectivity index (χ3n) is 4.55. The van der Waals surface area contributed by atoms with Crippen LogP contribution < -0.4 is 9.64 Å². The Morgan fingerprint density at radius 1 is 1.00 bits per heavy atom. The minimum atomic E-state index is -0.0927. The molecule has 0 aromatic heterocycles. The summed E-state index contributed by atoms with van der Waals surface area (Å²) in [5, 5.41) is 0. The van der Waals surface area contributed by atoms with Crippen LogP contribution >= 0.6 is 24.0 Å². The van der Waals surface area contributed by atoms with Gasteiger partial charge in [-0.05, 0) is 47.9 Å². The highest BCUT2D eigenvalue weighted by atomic mass is 32.2. The molecule has 1 fully saturated rings. The van der Waals surface area contributed by atoms with E-state index < -0.39 is 0 Å². The Balaban J connectivity index is 1.53. The number of amides is 1. The molecule has 0 unspecified atom stereocenters. The zero-order valence-corrected chi connectivity index (χ0v) is 17.5. The van der Waals surface area contributed by atoms with E-state index in [0.717, 1.165) is 28.1 Å². The van der Waals surface area contributed by atoms with E-state index in [1.807, 2.05) is 91.9 Å². The van der Waals surface area contributed by atoms with Crippen molar-refractivity contribution in [2.24, 2.45) is 0 Å². The number of ether oxygens (including phenoxy) is 1. The molecular formula is C24H19NO2S2. The molecule has 3 nitrogen and oxygen atoms in total. The molecule has 3 aromatic carbocycles. The fourth-order valence-corrected chi connectivity index (χ4v) is 4.36. The van der Waals surface area contributed by atoms with Gasteiger partial charge in [-0.2, -0.15) is 0 Å². The number of carbonyl (C=O) groups is 1. The summed E-state index contributed by atoms with van der Waals surface area (Å²) < 4.78 is 6.44. The van der Waals surface area contributed by atoms with Gasteiger partial charge in [0.2, 0.25) is 0 Å². The Morgan fingerprint density at radius 2 is 1.76 bits per heavy atom. The molecule has 1 saturated heterocycles. The molecular weight excluding hydrogens is 398 g/mol. The van der Waals surface area contributed by atoms with Gasteiger partial charge in [-0.1, -0.05) is 84.6 Å². The van der Waals surface area contributed by atoms with Crippen molar-refractivity contribution in [1.82, 2.24) is 0 Å². The summed E-state index contributed by atoms with van der Waals surface area (Å²) in [7, 11) is 0. The molecule has 5 heteroatoms. The average molecular weight is 418 g/mol. The zero-order chi connectivity index (χ0) is 20.2. The lowest BCUT2D eigenvalue weighted by Gasteiger charge is -2.16. The highest BCUT2D eigenvalue weighted by Gasteiger charge is 2.33. The van der Waals surface area contributed by atoms with Crippen LogP contribution in [0.4, 0.5) is 5.69 Å². The molecule has 1 heterocycles. The molecule has 0 radical (unpaired) electrons. The second-order valence-corrected chi connectivity index (χ2v) is 8.33. The minimum Gasteiger partial charge on any atom is -0.489 e. The Kier molecular flexibility index (Phi) is 5.79. The smallest absolute Gasteiger partial charge is 0.270 e. The summed E-state index contributed by atoms with van der Waals surface area (Å²) in [6.07, 6.45) is 1.87. The van der Waals surface area contributed by atoms with Crippen molar-refractivity contribution < 1.29 is 9.53 Å². The number of aryl methyl sites for hydroxylation is 1. The van der Waals surface area contributed by atoms with Crippen LogP contribution in [0, 0.1) is 6.92 Å². The second-order valence-electron chi connectivity index (χ2n) is 6.65. The van der Waals surface area contributed by atoms with Gasteiger partial charge in [0.25, 0.3) is 5.91 Å².